The number of rotatable bonds is 7. The van der Waals surface area contributed by atoms with E-state index in [9.17, 15) is 0 Å². The molecule has 0 aromatic rings. The number of nitrogens with two attached hydrogens (primary N) is 1. The quantitative estimate of drug-likeness (QED) is 0.479. The van der Waals surface area contributed by atoms with Crippen LogP contribution < -0.4 is 11.1 Å². The van der Waals surface area contributed by atoms with Crippen LogP contribution in [-0.2, 0) is 4.74 Å². The Bertz CT molecular complexity index is 153. The molecule has 0 heterocycles. The van der Waals surface area contributed by atoms with E-state index in [1.807, 2.05) is 0 Å². The third-order valence-electron chi connectivity index (χ3n) is 1.86. The molecule has 0 saturated carbocycles. The molecule has 0 aliphatic rings. The van der Waals surface area contributed by atoms with Crippen LogP contribution in [0, 0.1) is 0 Å². The van der Waals surface area contributed by atoms with Gasteiger partial charge in [-0.1, -0.05) is 20.3 Å². The summed E-state index contributed by atoms with van der Waals surface area (Å²) in [5.74, 6) is 0.530. The van der Waals surface area contributed by atoms with E-state index in [1.54, 1.807) is 7.11 Å². The van der Waals surface area contributed by atoms with Crippen molar-refractivity contribution in [3.63, 3.8) is 0 Å². The number of hydrogen-bond donors (Lipinski definition) is 2. The molecule has 3 N–H and O–H groups in total. The maximum absolute atomic E-state index is 5.70. The maximum atomic E-state index is 5.70. The average molecular weight is 201 g/mol. The van der Waals surface area contributed by atoms with Gasteiger partial charge in [-0.15, -0.1) is 0 Å². The molecule has 0 aromatic heterocycles. The van der Waals surface area contributed by atoms with Gasteiger partial charge in [0.15, 0.2) is 5.96 Å². The smallest absolute Gasteiger partial charge is 0.188 e. The zero-order valence-electron chi connectivity index (χ0n) is 9.55. The largest absolute Gasteiger partial charge is 0.383 e. The van der Waals surface area contributed by atoms with E-state index in [0.717, 1.165) is 25.8 Å². The number of methoxy groups -OCH3 is 1. The van der Waals surface area contributed by atoms with Gasteiger partial charge in [0, 0.05) is 13.7 Å². The lowest BCUT2D eigenvalue weighted by molar-refractivity contribution is 0.169. The molecule has 0 spiro atoms. The summed E-state index contributed by atoms with van der Waals surface area (Å²) in [6, 6.07) is 0.283. The summed E-state index contributed by atoms with van der Waals surface area (Å²) in [7, 11) is 1.70. The Morgan fingerprint density at radius 3 is 2.64 bits per heavy atom. The van der Waals surface area contributed by atoms with Crippen molar-refractivity contribution in [1.82, 2.24) is 5.32 Å². The molecule has 0 amide bonds. The minimum absolute atomic E-state index is 0.283. The van der Waals surface area contributed by atoms with Gasteiger partial charge in [0.2, 0.25) is 0 Å². The summed E-state index contributed by atoms with van der Waals surface area (Å²) in [6.45, 7) is 5.68. The molecule has 0 rings (SSSR count). The molecule has 0 radical (unpaired) electrons. The van der Waals surface area contributed by atoms with Gasteiger partial charge in [-0.25, -0.2) is 0 Å². The molecule has 0 saturated heterocycles. The molecule has 4 heteroatoms. The number of nitrogens with one attached hydrogen (secondary N) is 1. The lowest BCUT2D eigenvalue weighted by Gasteiger charge is -2.17. The van der Waals surface area contributed by atoms with Crippen LogP contribution in [0.25, 0.3) is 0 Å². The molecule has 14 heavy (non-hydrogen) atoms. The van der Waals surface area contributed by atoms with Gasteiger partial charge in [-0.2, -0.15) is 0 Å². The number of nitrogens with zero attached hydrogens (tertiary/aromatic N) is 1. The van der Waals surface area contributed by atoms with Crippen molar-refractivity contribution in [3.8, 4) is 0 Å². The van der Waals surface area contributed by atoms with Crippen LogP contribution in [0.1, 0.15) is 33.1 Å². The minimum Gasteiger partial charge on any atom is -0.383 e. The zero-order valence-corrected chi connectivity index (χ0v) is 9.55. The van der Waals surface area contributed by atoms with Gasteiger partial charge >= 0.3 is 0 Å². The SMILES string of the molecule is CCCN=C(N)NC(CCC)COC. The summed E-state index contributed by atoms with van der Waals surface area (Å²) in [4.78, 5) is 4.17. The summed E-state index contributed by atoms with van der Waals surface area (Å²) in [6.07, 6.45) is 3.18. The normalized spacial score (nSPS) is 14.1. The first-order valence-corrected chi connectivity index (χ1v) is 5.29. The first kappa shape index (κ1) is 13.2. The minimum atomic E-state index is 0.283. The second-order valence-electron chi connectivity index (χ2n) is 3.35. The van der Waals surface area contributed by atoms with E-state index in [4.69, 9.17) is 10.5 Å². The van der Waals surface area contributed by atoms with E-state index < -0.39 is 0 Å². The first-order chi connectivity index (χ1) is 6.74. The molecule has 0 bridgehead atoms. The van der Waals surface area contributed by atoms with Gasteiger partial charge in [-0.3, -0.25) is 4.99 Å². The third kappa shape index (κ3) is 6.71. The highest BCUT2D eigenvalue weighted by atomic mass is 16.5. The van der Waals surface area contributed by atoms with Crippen LogP contribution in [0.2, 0.25) is 0 Å². The van der Waals surface area contributed by atoms with Crippen LogP contribution in [0.15, 0.2) is 4.99 Å². The summed E-state index contributed by atoms with van der Waals surface area (Å²) in [5, 5.41) is 3.16. The van der Waals surface area contributed by atoms with Gasteiger partial charge < -0.3 is 15.8 Å². The highest BCUT2D eigenvalue weighted by molar-refractivity contribution is 5.78. The van der Waals surface area contributed by atoms with Crippen LogP contribution in [0.4, 0.5) is 0 Å². The molecule has 84 valence electrons. The van der Waals surface area contributed by atoms with Crippen molar-refractivity contribution in [2.45, 2.75) is 39.2 Å². The van der Waals surface area contributed by atoms with Crippen LogP contribution in [0.3, 0.4) is 0 Å². The Kier molecular flexibility index (Phi) is 8.33. The van der Waals surface area contributed by atoms with Crippen LogP contribution in [-0.4, -0.2) is 32.3 Å². The monoisotopic (exact) mass is 201 g/mol. The van der Waals surface area contributed by atoms with Crippen molar-refractivity contribution in [1.29, 1.82) is 0 Å². The molecule has 0 fully saturated rings. The molecule has 0 aliphatic heterocycles. The Morgan fingerprint density at radius 2 is 2.14 bits per heavy atom. The first-order valence-electron chi connectivity index (χ1n) is 5.29. The highest BCUT2D eigenvalue weighted by Gasteiger charge is 2.06. The zero-order chi connectivity index (χ0) is 10.8. The number of guanidine groups is 1. The van der Waals surface area contributed by atoms with Crippen LogP contribution in [0.5, 0.6) is 0 Å². The van der Waals surface area contributed by atoms with Crippen molar-refractivity contribution in [2.75, 3.05) is 20.3 Å². The van der Waals surface area contributed by atoms with Crippen molar-refractivity contribution < 1.29 is 4.74 Å². The lowest BCUT2D eigenvalue weighted by Crippen LogP contribution is -2.42. The standard InChI is InChI=1S/C10H23N3O/c1-4-6-9(8-14-3)13-10(11)12-7-5-2/h9H,4-8H2,1-3H3,(H3,11,12,13). The van der Waals surface area contributed by atoms with E-state index in [-0.39, 0.29) is 6.04 Å². The average Bonchev–Trinajstić information content (AvgIpc) is 2.15. The fourth-order valence-corrected chi connectivity index (χ4v) is 1.23. The van der Waals surface area contributed by atoms with Gasteiger partial charge in [0.1, 0.15) is 0 Å². The number of aliphatic imine (C=N–C) groups is 1. The summed E-state index contributed by atoms with van der Waals surface area (Å²) < 4.78 is 5.09. The van der Waals surface area contributed by atoms with E-state index in [1.165, 1.54) is 0 Å². The Labute approximate surface area is 86.9 Å². The predicted octanol–water partition coefficient (Wildman–Crippen LogP) is 1.12. The predicted molar refractivity (Wildman–Crippen MR) is 60.5 cm³/mol. The van der Waals surface area contributed by atoms with E-state index >= 15 is 0 Å². The van der Waals surface area contributed by atoms with Crippen LogP contribution >= 0.6 is 0 Å². The Balaban J connectivity index is 3.87. The maximum Gasteiger partial charge on any atom is 0.188 e. The fourth-order valence-electron chi connectivity index (χ4n) is 1.23. The van der Waals surface area contributed by atoms with E-state index in [2.05, 4.69) is 24.2 Å². The van der Waals surface area contributed by atoms with Gasteiger partial charge in [-0.05, 0) is 12.8 Å². The molecular formula is C10H23N3O. The summed E-state index contributed by atoms with van der Waals surface area (Å²) >= 11 is 0. The number of hydrogen-bond acceptors (Lipinski definition) is 2. The van der Waals surface area contributed by atoms with Gasteiger partial charge in [0.05, 0.1) is 12.6 Å². The summed E-state index contributed by atoms with van der Waals surface area (Å²) in [5.41, 5.74) is 5.70. The number of ether oxygens (including phenoxy) is 1. The second kappa shape index (κ2) is 8.81. The molecule has 0 aromatic carbocycles. The van der Waals surface area contributed by atoms with Crippen molar-refractivity contribution in [3.05, 3.63) is 0 Å². The van der Waals surface area contributed by atoms with Crippen molar-refractivity contribution >= 4 is 5.96 Å². The van der Waals surface area contributed by atoms with E-state index in [0.29, 0.717) is 12.6 Å². The molecule has 1 atom stereocenters. The molecule has 0 aliphatic carbocycles. The Hall–Kier alpha value is -0.770. The highest BCUT2D eigenvalue weighted by Crippen LogP contribution is 1.96. The third-order valence-corrected chi connectivity index (χ3v) is 1.86. The lowest BCUT2D eigenvalue weighted by atomic mass is 10.2. The van der Waals surface area contributed by atoms with Crippen molar-refractivity contribution in [2.24, 2.45) is 10.7 Å². The molecular weight excluding hydrogens is 178 g/mol. The molecule has 4 nitrogen and oxygen atoms in total. The molecule has 1 unspecified atom stereocenters. The second-order valence-corrected chi connectivity index (χ2v) is 3.35. The van der Waals surface area contributed by atoms with Gasteiger partial charge in [0.25, 0.3) is 0 Å². The Morgan fingerprint density at radius 1 is 1.43 bits per heavy atom. The topological polar surface area (TPSA) is 59.6 Å². The fraction of sp³-hybridized carbons (Fsp3) is 0.900.